The fourth-order valence-corrected chi connectivity index (χ4v) is 3.01. The largest absolute Gasteiger partial charge is 0.341 e. The third kappa shape index (κ3) is 2.64. The Bertz CT molecular complexity index is 334. The summed E-state index contributed by atoms with van der Waals surface area (Å²) >= 11 is 0. The first kappa shape index (κ1) is 13.3. The lowest BCUT2D eigenvalue weighted by Crippen LogP contribution is -2.56. The van der Waals surface area contributed by atoms with Gasteiger partial charge in [0.2, 0.25) is 5.91 Å². The van der Waals surface area contributed by atoms with Crippen LogP contribution in [0.4, 0.5) is 4.79 Å². The monoisotopic (exact) mass is 254 g/mol. The molecule has 18 heavy (non-hydrogen) atoms. The molecule has 0 aromatic carbocycles. The second kappa shape index (κ2) is 5.67. The van der Waals surface area contributed by atoms with Crippen molar-refractivity contribution in [3.8, 4) is 0 Å². The molecule has 0 spiro atoms. The Labute approximate surface area is 107 Å². The number of amides is 3. The van der Waals surface area contributed by atoms with Gasteiger partial charge in [-0.05, 0) is 38.8 Å². The third-order valence-corrected chi connectivity index (χ3v) is 4.06. The van der Waals surface area contributed by atoms with Crippen LogP contribution in [0.5, 0.6) is 0 Å². The van der Waals surface area contributed by atoms with Gasteiger partial charge < -0.3 is 10.6 Å². The van der Waals surface area contributed by atoms with Crippen LogP contribution in [-0.4, -0.2) is 55.6 Å². The molecule has 2 saturated heterocycles. The molecular formula is C12H22N4O2. The van der Waals surface area contributed by atoms with Crippen molar-refractivity contribution in [3.63, 3.8) is 0 Å². The number of nitrogens with one attached hydrogen (secondary N) is 3. The fourth-order valence-electron chi connectivity index (χ4n) is 3.01. The SMILES string of the molecule is CNC(=O)NC(=O)C(C)N1CCCC2CNCC21. The van der Waals surface area contributed by atoms with Crippen LogP contribution in [0.25, 0.3) is 0 Å². The molecule has 3 atom stereocenters. The smallest absolute Gasteiger partial charge is 0.321 e. The van der Waals surface area contributed by atoms with Gasteiger partial charge in [-0.1, -0.05) is 0 Å². The molecule has 6 heteroatoms. The van der Waals surface area contributed by atoms with Gasteiger partial charge in [0.05, 0.1) is 6.04 Å². The molecule has 0 bridgehead atoms. The zero-order valence-corrected chi connectivity index (χ0v) is 11.0. The molecule has 0 radical (unpaired) electrons. The van der Waals surface area contributed by atoms with Crippen molar-refractivity contribution in [3.05, 3.63) is 0 Å². The van der Waals surface area contributed by atoms with Crippen LogP contribution < -0.4 is 16.0 Å². The van der Waals surface area contributed by atoms with Crippen molar-refractivity contribution in [2.75, 3.05) is 26.7 Å². The maximum atomic E-state index is 12.0. The Balaban J connectivity index is 1.96. The minimum Gasteiger partial charge on any atom is -0.341 e. The lowest BCUT2D eigenvalue weighted by molar-refractivity contribution is -0.126. The van der Waals surface area contributed by atoms with Gasteiger partial charge in [-0.15, -0.1) is 0 Å². The second-order valence-corrected chi connectivity index (χ2v) is 5.11. The molecule has 0 aromatic heterocycles. The Morgan fingerprint density at radius 3 is 2.89 bits per heavy atom. The topological polar surface area (TPSA) is 73.5 Å². The van der Waals surface area contributed by atoms with Crippen molar-refractivity contribution < 1.29 is 9.59 Å². The van der Waals surface area contributed by atoms with Gasteiger partial charge in [0.15, 0.2) is 0 Å². The van der Waals surface area contributed by atoms with E-state index in [0.29, 0.717) is 12.0 Å². The molecule has 3 unspecified atom stereocenters. The number of carbonyl (C=O) groups excluding carboxylic acids is 2. The average molecular weight is 254 g/mol. The Morgan fingerprint density at radius 1 is 1.39 bits per heavy atom. The summed E-state index contributed by atoms with van der Waals surface area (Å²) in [5.74, 6) is 0.427. The zero-order valence-electron chi connectivity index (χ0n) is 11.0. The molecule has 3 amide bonds. The predicted octanol–water partition coefficient (Wildman–Crippen LogP) is -0.486. The van der Waals surface area contributed by atoms with Crippen molar-refractivity contribution in [2.24, 2.45) is 5.92 Å². The van der Waals surface area contributed by atoms with E-state index >= 15 is 0 Å². The summed E-state index contributed by atoms with van der Waals surface area (Å²) in [6.45, 7) is 4.80. The summed E-state index contributed by atoms with van der Waals surface area (Å²) in [5.41, 5.74) is 0. The number of urea groups is 1. The van der Waals surface area contributed by atoms with E-state index < -0.39 is 6.03 Å². The number of carbonyl (C=O) groups is 2. The van der Waals surface area contributed by atoms with Crippen molar-refractivity contribution in [1.82, 2.24) is 20.9 Å². The van der Waals surface area contributed by atoms with E-state index in [1.54, 1.807) is 0 Å². The van der Waals surface area contributed by atoms with E-state index in [0.717, 1.165) is 26.1 Å². The maximum Gasteiger partial charge on any atom is 0.321 e. The minimum absolute atomic E-state index is 0.220. The minimum atomic E-state index is -0.440. The summed E-state index contributed by atoms with van der Waals surface area (Å²) in [6, 6.07) is -0.260. The zero-order chi connectivity index (χ0) is 13.1. The highest BCUT2D eigenvalue weighted by molar-refractivity contribution is 5.96. The normalized spacial score (nSPS) is 29.4. The first-order valence-electron chi connectivity index (χ1n) is 6.62. The van der Waals surface area contributed by atoms with E-state index in [2.05, 4.69) is 20.9 Å². The van der Waals surface area contributed by atoms with Crippen LogP contribution in [0, 0.1) is 5.92 Å². The van der Waals surface area contributed by atoms with Gasteiger partial charge in [0, 0.05) is 19.6 Å². The average Bonchev–Trinajstić information content (AvgIpc) is 2.85. The lowest BCUT2D eigenvalue weighted by Gasteiger charge is -2.40. The van der Waals surface area contributed by atoms with Crippen molar-refractivity contribution in [2.45, 2.75) is 31.8 Å². The number of hydrogen-bond donors (Lipinski definition) is 3. The van der Waals surface area contributed by atoms with Crippen molar-refractivity contribution >= 4 is 11.9 Å². The molecule has 0 aliphatic carbocycles. The number of imide groups is 1. The van der Waals surface area contributed by atoms with E-state index in [1.165, 1.54) is 13.5 Å². The molecule has 6 nitrogen and oxygen atoms in total. The maximum absolute atomic E-state index is 12.0. The van der Waals surface area contributed by atoms with E-state index in [4.69, 9.17) is 0 Å². The van der Waals surface area contributed by atoms with Gasteiger partial charge in [0.25, 0.3) is 0 Å². The molecule has 2 aliphatic heterocycles. The Hall–Kier alpha value is -1.14. The molecule has 3 N–H and O–H groups in total. The van der Waals surface area contributed by atoms with Crippen LogP contribution in [0.2, 0.25) is 0 Å². The van der Waals surface area contributed by atoms with Crippen LogP contribution in [0.3, 0.4) is 0 Å². The van der Waals surface area contributed by atoms with Gasteiger partial charge >= 0.3 is 6.03 Å². The van der Waals surface area contributed by atoms with Gasteiger partial charge in [-0.25, -0.2) is 4.79 Å². The summed E-state index contributed by atoms with van der Waals surface area (Å²) in [5, 5.41) is 8.14. The quantitative estimate of drug-likeness (QED) is 0.622. The molecule has 2 fully saturated rings. The molecule has 0 aromatic rings. The van der Waals surface area contributed by atoms with Gasteiger partial charge in [-0.3, -0.25) is 15.0 Å². The number of hydrogen-bond acceptors (Lipinski definition) is 4. The standard InChI is InChI=1S/C12H22N4O2/c1-8(11(17)15-12(18)13-2)16-5-3-4-9-6-14-7-10(9)16/h8-10,14H,3-7H2,1-2H3,(H2,13,15,17,18). The van der Waals surface area contributed by atoms with Crippen molar-refractivity contribution in [1.29, 1.82) is 0 Å². The summed E-state index contributed by atoms with van der Waals surface area (Å²) in [6.07, 6.45) is 2.36. The Morgan fingerprint density at radius 2 is 2.17 bits per heavy atom. The van der Waals surface area contributed by atoms with E-state index in [1.807, 2.05) is 6.92 Å². The molecule has 2 heterocycles. The number of likely N-dealkylation sites (tertiary alicyclic amines) is 1. The van der Waals surface area contributed by atoms with Crippen LogP contribution >= 0.6 is 0 Å². The van der Waals surface area contributed by atoms with Gasteiger partial charge in [0.1, 0.15) is 0 Å². The Kier molecular flexibility index (Phi) is 4.19. The predicted molar refractivity (Wildman–Crippen MR) is 68.1 cm³/mol. The van der Waals surface area contributed by atoms with E-state index in [9.17, 15) is 9.59 Å². The molecular weight excluding hydrogens is 232 g/mol. The highest BCUT2D eigenvalue weighted by atomic mass is 16.2. The van der Waals surface area contributed by atoms with Gasteiger partial charge in [-0.2, -0.15) is 0 Å². The number of piperidine rings is 1. The summed E-state index contributed by atoms with van der Waals surface area (Å²) in [4.78, 5) is 25.4. The summed E-state index contributed by atoms with van der Waals surface area (Å²) in [7, 11) is 1.51. The number of fused-ring (bicyclic) bond motifs is 1. The molecule has 2 rings (SSSR count). The highest BCUT2D eigenvalue weighted by Gasteiger charge is 2.38. The lowest BCUT2D eigenvalue weighted by atomic mass is 9.91. The summed E-state index contributed by atoms with van der Waals surface area (Å²) < 4.78 is 0. The van der Waals surface area contributed by atoms with Crippen LogP contribution in [-0.2, 0) is 4.79 Å². The number of rotatable bonds is 2. The fraction of sp³-hybridized carbons (Fsp3) is 0.833. The highest BCUT2D eigenvalue weighted by Crippen LogP contribution is 2.27. The molecule has 2 aliphatic rings. The van der Waals surface area contributed by atoms with Crippen LogP contribution in [0.1, 0.15) is 19.8 Å². The first-order valence-corrected chi connectivity index (χ1v) is 6.62. The first-order chi connectivity index (χ1) is 8.63. The van der Waals surface area contributed by atoms with E-state index in [-0.39, 0.29) is 11.9 Å². The number of nitrogens with zero attached hydrogens (tertiary/aromatic N) is 1. The second-order valence-electron chi connectivity index (χ2n) is 5.11. The third-order valence-electron chi connectivity index (χ3n) is 4.06. The molecule has 102 valence electrons. The van der Waals surface area contributed by atoms with Crippen LogP contribution in [0.15, 0.2) is 0 Å². The molecule has 0 saturated carbocycles.